The minimum absolute atomic E-state index is 0. The van der Waals surface area contributed by atoms with Crippen molar-refractivity contribution in [2.75, 3.05) is 6.16 Å². The number of halogens is 1. The van der Waals surface area contributed by atoms with Crippen LogP contribution in [0.1, 0.15) is 90.5 Å². The third kappa shape index (κ3) is 9.51. The summed E-state index contributed by atoms with van der Waals surface area (Å²) < 4.78 is 2.11. The van der Waals surface area contributed by atoms with Crippen LogP contribution < -0.4 is 39.9 Å². The molecule has 0 atom stereocenters. The van der Waals surface area contributed by atoms with E-state index in [9.17, 15) is 4.79 Å². The van der Waals surface area contributed by atoms with E-state index in [1.807, 2.05) is 0 Å². The van der Waals surface area contributed by atoms with Crippen LogP contribution in [0.15, 0.2) is 73.1 Å². The monoisotopic (exact) mass is 634 g/mol. The Morgan fingerprint density at radius 3 is 1.65 bits per heavy atom. The molecule has 0 amide bonds. The summed E-state index contributed by atoms with van der Waals surface area (Å²) >= 11 is 0. The molecule has 2 aromatic carbocycles. The molecule has 0 bridgehead atoms. The Morgan fingerprint density at radius 1 is 0.757 bits per heavy atom. The van der Waals surface area contributed by atoms with Gasteiger partial charge in [0.2, 0.25) is 0 Å². The maximum absolute atomic E-state index is 10.6. The fourth-order valence-corrected chi connectivity index (χ4v) is 9.34. The highest BCUT2D eigenvalue weighted by atomic mass is 127. The lowest BCUT2D eigenvalue weighted by Gasteiger charge is -2.26. The second-order valence-corrected chi connectivity index (χ2v) is 13.8. The zero-order valence-corrected chi connectivity index (χ0v) is 25.6. The smallest absolute Gasteiger partial charge is 0.303 e. The molecular weight excluding hydrogens is 590 g/mol. The lowest BCUT2D eigenvalue weighted by atomic mass is 10.1. The second-order valence-electron chi connectivity index (χ2n) is 10.2. The predicted octanol–water partition coefficient (Wildman–Crippen LogP) is 4.14. The van der Waals surface area contributed by atoms with Crippen molar-refractivity contribution in [1.29, 1.82) is 0 Å². The van der Waals surface area contributed by atoms with Crippen LogP contribution in [0.25, 0.3) is 0 Å². The molecule has 3 rings (SSSR count). The first-order chi connectivity index (χ1) is 17.5. The first-order valence-corrected chi connectivity index (χ1v) is 15.8. The standard InChI is InChI=1S/C31H43N2O2P.HI/c1-27(2)33-26-30(25-32-33)36(28-19-13-11-14-20-28,29-21-15-12-16-22-29)24-18-10-8-6-4-3-5-7-9-17-23-31(34)35;/h11-16,19-22,25-27H,3-10,17-18,23-24H2,1-2H3;1H. The summed E-state index contributed by atoms with van der Waals surface area (Å²) in [7, 11) is -1.78. The summed E-state index contributed by atoms with van der Waals surface area (Å²) in [6.45, 7) is 4.38. The van der Waals surface area contributed by atoms with E-state index < -0.39 is 13.2 Å². The van der Waals surface area contributed by atoms with Crippen molar-refractivity contribution in [2.45, 2.75) is 90.5 Å². The number of aromatic nitrogens is 2. The van der Waals surface area contributed by atoms with Gasteiger partial charge >= 0.3 is 5.97 Å². The van der Waals surface area contributed by atoms with Gasteiger partial charge in [0, 0.05) is 12.5 Å². The molecule has 0 saturated heterocycles. The second kappa shape index (κ2) is 17.0. The van der Waals surface area contributed by atoms with E-state index in [4.69, 9.17) is 10.2 Å². The van der Waals surface area contributed by atoms with E-state index in [0.29, 0.717) is 12.5 Å². The van der Waals surface area contributed by atoms with Gasteiger partial charge in [-0.15, -0.1) is 0 Å². The highest BCUT2D eigenvalue weighted by Crippen LogP contribution is 2.56. The van der Waals surface area contributed by atoms with Crippen molar-refractivity contribution >= 4 is 29.1 Å². The van der Waals surface area contributed by atoms with Gasteiger partial charge in [-0.05, 0) is 57.4 Å². The van der Waals surface area contributed by atoms with Crippen molar-refractivity contribution in [2.24, 2.45) is 0 Å². The Kier molecular flexibility index (Phi) is 14.5. The molecule has 6 heteroatoms. The number of carboxylic acid groups (broad SMARTS) is 1. The average Bonchev–Trinajstić information content (AvgIpc) is 3.39. The summed E-state index contributed by atoms with van der Waals surface area (Å²) in [6.07, 6.45) is 17.8. The Labute approximate surface area is 241 Å². The number of aliphatic carboxylic acids is 1. The highest BCUT2D eigenvalue weighted by molar-refractivity contribution is 7.95. The summed E-state index contributed by atoms with van der Waals surface area (Å²) in [5.41, 5.74) is 0. The van der Waals surface area contributed by atoms with Crippen molar-refractivity contribution in [1.82, 2.24) is 9.78 Å². The molecule has 3 aromatic rings. The zero-order valence-electron chi connectivity index (χ0n) is 22.6. The molecular formula is C31H44IN2O2P. The van der Waals surface area contributed by atoms with Gasteiger partial charge in [0.1, 0.15) is 23.2 Å². The van der Waals surface area contributed by atoms with Crippen LogP contribution in [0.4, 0.5) is 0 Å². The van der Waals surface area contributed by atoms with Gasteiger partial charge in [-0.25, -0.2) is 0 Å². The number of benzene rings is 2. The molecule has 0 unspecified atom stereocenters. The molecule has 0 aliphatic rings. The van der Waals surface area contributed by atoms with Gasteiger partial charge < -0.3 is 29.1 Å². The van der Waals surface area contributed by atoms with Gasteiger partial charge in [-0.3, -0.25) is 9.48 Å². The van der Waals surface area contributed by atoms with Gasteiger partial charge in [-0.2, -0.15) is 5.10 Å². The minimum atomic E-state index is -1.78. The van der Waals surface area contributed by atoms with Gasteiger partial charge in [0.25, 0.3) is 0 Å². The van der Waals surface area contributed by atoms with Crippen molar-refractivity contribution < 1.29 is 33.9 Å². The number of nitrogens with zero attached hydrogens (tertiary/aromatic N) is 2. The van der Waals surface area contributed by atoms with Crippen LogP contribution in [0.5, 0.6) is 0 Å². The Hall–Kier alpha value is -1.72. The fourth-order valence-electron chi connectivity index (χ4n) is 5.05. The molecule has 0 aliphatic heterocycles. The zero-order chi connectivity index (χ0) is 25.6. The molecule has 0 radical (unpaired) electrons. The number of hydrogen-bond donors (Lipinski definition) is 1. The molecule has 1 heterocycles. The Balaban J connectivity index is 0.00000481. The van der Waals surface area contributed by atoms with Crippen molar-refractivity contribution in [3.8, 4) is 0 Å². The maximum atomic E-state index is 10.6. The van der Waals surface area contributed by atoms with E-state index >= 15 is 0 Å². The molecule has 37 heavy (non-hydrogen) atoms. The van der Waals surface area contributed by atoms with Crippen LogP contribution in [0.3, 0.4) is 0 Å². The largest absolute Gasteiger partial charge is 1.00 e. The molecule has 0 saturated carbocycles. The Bertz CT molecular complexity index is 984. The van der Waals surface area contributed by atoms with E-state index in [1.165, 1.54) is 73.4 Å². The molecule has 1 N–H and O–H groups in total. The van der Waals surface area contributed by atoms with Gasteiger partial charge in [-0.1, -0.05) is 81.3 Å². The quantitative estimate of drug-likeness (QED) is 0.138. The predicted molar refractivity (Wildman–Crippen MR) is 155 cm³/mol. The van der Waals surface area contributed by atoms with Crippen molar-refractivity contribution in [3.63, 3.8) is 0 Å². The summed E-state index contributed by atoms with van der Waals surface area (Å²) in [5.74, 6) is -0.672. The lowest BCUT2D eigenvalue weighted by molar-refractivity contribution is -0.137. The normalized spacial score (nSPS) is 11.4. The molecule has 0 aliphatic carbocycles. The van der Waals surface area contributed by atoms with Gasteiger partial charge in [0.15, 0.2) is 0 Å². The van der Waals surface area contributed by atoms with Crippen LogP contribution >= 0.6 is 7.26 Å². The van der Waals surface area contributed by atoms with Crippen LogP contribution in [-0.4, -0.2) is 27.0 Å². The lowest BCUT2D eigenvalue weighted by Crippen LogP contribution is -3.00. The average molecular weight is 635 g/mol. The summed E-state index contributed by atoms with van der Waals surface area (Å²) in [6, 6.07) is 22.6. The third-order valence-electron chi connectivity index (χ3n) is 7.09. The topological polar surface area (TPSA) is 55.1 Å². The number of carboxylic acids is 1. The number of hydrogen-bond acceptors (Lipinski definition) is 2. The van der Waals surface area contributed by atoms with Crippen LogP contribution in [0, 0.1) is 0 Å². The molecule has 0 spiro atoms. The van der Waals surface area contributed by atoms with E-state index in [1.54, 1.807) is 0 Å². The van der Waals surface area contributed by atoms with E-state index in [-0.39, 0.29) is 24.0 Å². The van der Waals surface area contributed by atoms with Crippen LogP contribution in [-0.2, 0) is 4.79 Å². The number of carbonyl (C=O) groups is 1. The minimum Gasteiger partial charge on any atom is -1.00 e. The molecule has 4 nitrogen and oxygen atoms in total. The van der Waals surface area contributed by atoms with E-state index in [0.717, 1.165) is 12.8 Å². The summed E-state index contributed by atoms with van der Waals surface area (Å²) in [5, 5.41) is 17.8. The molecule has 1 aromatic heterocycles. The first kappa shape index (κ1) is 31.5. The SMILES string of the molecule is CC(C)n1cc([P+](CCCCCCCCCCCCC(=O)O)(c2ccccc2)c2ccccc2)cn1.[I-]. The maximum Gasteiger partial charge on any atom is 0.303 e. The van der Waals surface area contributed by atoms with E-state index in [2.05, 4.69) is 91.6 Å². The summed E-state index contributed by atoms with van der Waals surface area (Å²) in [4.78, 5) is 10.6. The fraction of sp³-hybridized carbons (Fsp3) is 0.484. The van der Waals surface area contributed by atoms with Crippen LogP contribution in [0.2, 0.25) is 0 Å². The van der Waals surface area contributed by atoms with Gasteiger partial charge in [0.05, 0.1) is 18.6 Å². The number of unbranched alkanes of at least 4 members (excludes halogenated alkanes) is 9. The third-order valence-corrected chi connectivity index (χ3v) is 11.5. The Morgan fingerprint density at radius 2 is 1.22 bits per heavy atom. The molecule has 0 fully saturated rings. The highest BCUT2D eigenvalue weighted by Gasteiger charge is 2.45. The number of rotatable bonds is 17. The van der Waals surface area contributed by atoms with Crippen molar-refractivity contribution in [3.05, 3.63) is 73.1 Å². The molecule has 202 valence electrons. The first-order valence-electron chi connectivity index (χ1n) is 13.8.